The van der Waals surface area contributed by atoms with E-state index in [2.05, 4.69) is 16.0 Å². The molecule has 2 bridgehead atoms. The SMILES string of the molecule is O=C(Nc1ccccc1)Nc1ccc2n(c1=O)C[C@@H]1C[C@@H]2CN(C(=O)NC2CCCCC2)C1. The van der Waals surface area contributed by atoms with E-state index in [1.165, 1.54) is 19.3 Å². The summed E-state index contributed by atoms with van der Waals surface area (Å²) < 4.78 is 1.79. The molecule has 3 heterocycles. The number of carbonyl (C=O) groups excluding carboxylic acids is 2. The summed E-state index contributed by atoms with van der Waals surface area (Å²) in [6, 6.07) is 12.6. The monoisotopic (exact) mass is 449 g/mol. The molecule has 1 aromatic heterocycles. The molecule has 0 unspecified atom stereocenters. The van der Waals surface area contributed by atoms with E-state index in [0.29, 0.717) is 31.4 Å². The number of fused-ring (bicyclic) bond motifs is 4. The number of urea groups is 2. The number of likely N-dealkylation sites (tertiary alicyclic amines) is 1. The van der Waals surface area contributed by atoms with E-state index < -0.39 is 6.03 Å². The number of nitrogens with one attached hydrogen (secondary N) is 3. The van der Waals surface area contributed by atoms with Crippen LogP contribution in [0, 0.1) is 5.92 Å². The molecule has 5 rings (SSSR count). The summed E-state index contributed by atoms with van der Waals surface area (Å²) in [6.45, 7) is 1.84. The van der Waals surface area contributed by atoms with Crippen LogP contribution in [0.1, 0.15) is 50.1 Å². The van der Waals surface area contributed by atoms with Gasteiger partial charge < -0.3 is 25.4 Å². The molecule has 33 heavy (non-hydrogen) atoms. The van der Waals surface area contributed by atoms with Crippen molar-refractivity contribution < 1.29 is 9.59 Å². The first-order chi connectivity index (χ1) is 16.1. The zero-order chi connectivity index (χ0) is 22.8. The van der Waals surface area contributed by atoms with Crippen LogP contribution in [0.5, 0.6) is 0 Å². The molecule has 2 fully saturated rings. The number of rotatable bonds is 3. The minimum Gasteiger partial charge on any atom is -0.335 e. The number of nitrogens with zero attached hydrogens (tertiary/aromatic N) is 2. The molecule has 2 atom stereocenters. The predicted octanol–water partition coefficient (Wildman–Crippen LogP) is 3.95. The fraction of sp³-hybridized carbons (Fsp3) is 0.480. The number of aromatic nitrogens is 1. The molecule has 2 aromatic rings. The van der Waals surface area contributed by atoms with Crippen LogP contribution in [0.3, 0.4) is 0 Å². The fourth-order valence-electron chi connectivity index (χ4n) is 5.53. The molecular weight excluding hydrogens is 418 g/mol. The van der Waals surface area contributed by atoms with E-state index in [-0.39, 0.29) is 29.1 Å². The summed E-state index contributed by atoms with van der Waals surface area (Å²) in [5.74, 6) is 0.369. The number of benzene rings is 1. The van der Waals surface area contributed by atoms with E-state index in [1.807, 2.05) is 29.2 Å². The van der Waals surface area contributed by atoms with Crippen molar-refractivity contribution in [2.24, 2.45) is 5.92 Å². The standard InChI is InChI=1S/C25H31N5O3/c31-23-21(28-24(32)26-19-7-3-1-4-8-19)11-12-22-18-13-17(15-30(22)23)14-29(16-18)25(33)27-20-9-5-2-6-10-20/h1,3-4,7-8,11-12,17-18,20H,2,5-6,9-10,13-16H2,(H,27,33)(H2,26,28,32)/t17-,18-/m1/s1. The van der Waals surface area contributed by atoms with Crippen LogP contribution < -0.4 is 21.5 Å². The van der Waals surface area contributed by atoms with Crippen LogP contribution in [0.15, 0.2) is 47.3 Å². The van der Waals surface area contributed by atoms with Crippen molar-refractivity contribution in [3.05, 3.63) is 58.5 Å². The number of amides is 4. The topological polar surface area (TPSA) is 95.5 Å². The summed E-state index contributed by atoms with van der Waals surface area (Å²) in [7, 11) is 0. The first-order valence-electron chi connectivity index (χ1n) is 12.0. The molecule has 8 nitrogen and oxygen atoms in total. The lowest BCUT2D eigenvalue weighted by Gasteiger charge is -2.43. The largest absolute Gasteiger partial charge is 0.335 e. The molecule has 2 aliphatic heterocycles. The lowest BCUT2D eigenvalue weighted by Crippen LogP contribution is -2.53. The number of hydrogen-bond acceptors (Lipinski definition) is 3. The molecule has 3 N–H and O–H groups in total. The molecule has 1 aromatic carbocycles. The molecule has 8 heteroatoms. The van der Waals surface area contributed by atoms with Crippen molar-refractivity contribution in [2.45, 2.75) is 57.0 Å². The van der Waals surface area contributed by atoms with Gasteiger partial charge >= 0.3 is 12.1 Å². The molecule has 4 amide bonds. The van der Waals surface area contributed by atoms with Crippen molar-refractivity contribution in [2.75, 3.05) is 23.7 Å². The third-order valence-corrected chi connectivity index (χ3v) is 7.10. The summed E-state index contributed by atoms with van der Waals surface area (Å²) >= 11 is 0. The van der Waals surface area contributed by atoms with Crippen molar-refractivity contribution in [3.8, 4) is 0 Å². The molecule has 0 radical (unpaired) electrons. The zero-order valence-electron chi connectivity index (χ0n) is 18.8. The maximum Gasteiger partial charge on any atom is 0.323 e. The molecular formula is C25H31N5O3. The van der Waals surface area contributed by atoms with E-state index in [9.17, 15) is 14.4 Å². The van der Waals surface area contributed by atoms with E-state index >= 15 is 0 Å². The van der Waals surface area contributed by atoms with Crippen molar-refractivity contribution in [1.82, 2.24) is 14.8 Å². The van der Waals surface area contributed by atoms with Gasteiger partial charge in [0, 0.05) is 43.0 Å². The Hall–Kier alpha value is -3.29. The average molecular weight is 450 g/mol. The Morgan fingerprint density at radius 2 is 1.67 bits per heavy atom. The highest BCUT2D eigenvalue weighted by atomic mass is 16.2. The highest BCUT2D eigenvalue weighted by Gasteiger charge is 2.37. The maximum absolute atomic E-state index is 13.1. The van der Waals surface area contributed by atoms with Gasteiger partial charge in [0.05, 0.1) is 0 Å². The lowest BCUT2D eigenvalue weighted by atomic mass is 9.83. The minimum absolute atomic E-state index is 0.0308. The van der Waals surface area contributed by atoms with Gasteiger partial charge in [-0.2, -0.15) is 0 Å². The summed E-state index contributed by atoms with van der Waals surface area (Å²) in [5.41, 5.74) is 1.68. The lowest BCUT2D eigenvalue weighted by molar-refractivity contribution is 0.127. The van der Waals surface area contributed by atoms with Crippen molar-refractivity contribution >= 4 is 23.4 Å². The molecule has 174 valence electrons. The van der Waals surface area contributed by atoms with Gasteiger partial charge in [-0.25, -0.2) is 9.59 Å². The van der Waals surface area contributed by atoms with Gasteiger partial charge in [-0.1, -0.05) is 37.5 Å². The minimum atomic E-state index is -0.444. The Morgan fingerprint density at radius 1 is 0.879 bits per heavy atom. The molecule has 1 saturated heterocycles. The normalized spacial score (nSPS) is 22.2. The third-order valence-electron chi connectivity index (χ3n) is 7.10. The van der Waals surface area contributed by atoms with Gasteiger partial charge in [-0.3, -0.25) is 4.79 Å². The molecule has 0 spiro atoms. The van der Waals surface area contributed by atoms with Gasteiger partial charge in [0.15, 0.2) is 0 Å². The summed E-state index contributed by atoms with van der Waals surface area (Å²) in [4.78, 5) is 40.3. The summed E-state index contributed by atoms with van der Waals surface area (Å²) in [5, 5.41) is 8.66. The van der Waals surface area contributed by atoms with Gasteiger partial charge in [0.1, 0.15) is 5.69 Å². The average Bonchev–Trinajstić information content (AvgIpc) is 2.82. The van der Waals surface area contributed by atoms with Crippen LogP contribution in [-0.2, 0) is 6.54 Å². The Balaban J connectivity index is 1.27. The molecule has 1 aliphatic carbocycles. The number of para-hydroxylation sites is 1. The number of hydrogen-bond donors (Lipinski definition) is 3. The number of carbonyl (C=O) groups is 2. The Labute approximate surface area is 193 Å². The number of piperidine rings is 1. The van der Waals surface area contributed by atoms with Gasteiger partial charge in [-0.15, -0.1) is 0 Å². The Bertz CT molecular complexity index is 1080. The Kier molecular flexibility index (Phi) is 6.07. The first kappa shape index (κ1) is 21.6. The predicted molar refractivity (Wildman–Crippen MR) is 128 cm³/mol. The van der Waals surface area contributed by atoms with Gasteiger partial charge in [0.25, 0.3) is 5.56 Å². The second-order valence-corrected chi connectivity index (χ2v) is 9.52. The Morgan fingerprint density at radius 3 is 2.45 bits per heavy atom. The quantitative estimate of drug-likeness (QED) is 0.662. The van der Waals surface area contributed by atoms with Crippen molar-refractivity contribution in [3.63, 3.8) is 0 Å². The second kappa shape index (κ2) is 9.29. The highest BCUT2D eigenvalue weighted by molar-refractivity contribution is 5.99. The molecule has 1 saturated carbocycles. The van der Waals surface area contributed by atoms with Gasteiger partial charge in [-0.05, 0) is 49.4 Å². The van der Waals surface area contributed by atoms with Crippen LogP contribution in [0.2, 0.25) is 0 Å². The fourth-order valence-corrected chi connectivity index (χ4v) is 5.53. The van der Waals surface area contributed by atoms with E-state index in [0.717, 1.165) is 25.0 Å². The van der Waals surface area contributed by atoms with Crippen LogP contribution in [0.4, 0.5) is 21.0 Å². The summed E-state index contributed by atoms with van der Waals surface area (Å²) in [6.07, 6.45) is 6.75. The smallest absolute Gasteiger partial charge is 0.323 e. The number of anilines is 2. The maximum atomic E-state index is 13.1. The highest BCUT2D eigenvalue weighted by Crippen LogP contribution is 2.35. The number of pyridine rings is 1. The van der Waals surface area contributed by atoms with Gasteiger partial charge in [0.2, 0.25) is 0 Å². The zero-order valence-corrected chi connectivity index (χ0v) is 18.8. The van der Waals surface area contributed by atoms with E-state index in [1.54, 1.807) is 22.8 Å². The van der Waals surface area contributed by atoms with E-state index in [4.69, 9.17) is 0 Å². The molecule has 3 aliphatic rings. The third kappa shape index (κ3) is 4.74. The van der Waals surface area contributed by atoms with Crippen LogP contribution in [0.25, 0.3) is 0 Å². The van der Waals surface area contributed by atoms with Crippen LogP contribution >= 0.6 is 0 Å². The second-order valence-electron chi connectivity index (χ2n) is 9.52. The van der Waals surface area contributed by atoms with Crippen molar-refractivity contribution in [1.29, 1.82) is 0 Å². The first-order valence-corrected chi connectivity index (χ1v) is 12.0. The van der Waals surface area contributed by atoms with Crippen LogP contribution in [-0.4, -0.2) is 40.7 Å².